The molecular formula is C23H17ClFNO5. The third-order valence-electron chi connectivity index (χ3n) is 4.78. The van der Waals surface area contributed by atoms with E-state index in [4.69, 9.17) is 25.5 Å². The van der Waals surface area contributed by atoms with Crippen LogP contribution in [0, 0.1) is 5.82 Å². The molecule has 6 nitrogen and oxygen atoms in total. The minimum absolute atomic E-state index is 0.102. The van der Waals surface area contributed by atoms with Gasteiger partial charge in [-0.3, -0.25) is 4.79 Å². The molecule has 0 spiro atoms. The molecule has 8 heteroatoms. The van der Waals surface area contributed by atoms with Gasteiger partial charge in [0.1, 0.15) is 28.3 Å². The van der Waals surface area contributed by atoms with Gasteiger partial charge in [0.25, 0.3) is 5.91 Å². The molecule has 0 saturated carbocycles. The predicted molar refractivity (Wildman–Crippen MR) is 115 cm³/mol. The van der Waals surface area contributed by atoms with Crippen molar-refractivity contribution < 1.29 is 27.9 Å². The first-order valence-electron chi connectivity index (χ1n) is 9.34. The molecule has 1 N–H and O–H groups in total. The lowest BCUT2D eigenvalue weighted by molar-refractivity contribution is -0.123. The summed E-state index contributed by atoms with van der Waals surface area (Å²) in [6.45, 7) is 1.37. The van der Waals surface area contributed by atoms with E-state index in [-0.39, 0.29) is 5.02 Å². The number of benzene rings is 3. The zero-order valence-electron chi connectivity index (χ0n) is 16.6. The number of para-hydroxylation sites is 1. The van der Waals surface area contributed by atoms with Crippen molar-refractivity contribution in [2.24, 2.45) is 0 Å². The van der Waals surface area contributed by atoms with Gasteiger partial charge in [-0.1, -0.05) is 35.9 Å². The van der Waals surface area contributed by atoms with Crippen molar-refractivity contribution in [3.8, 4) is 5.75 Å². The number of ether oxygens (including phenoxy) is 2. The predicted octanol–water partition coefficient (Wildman–Crippen LogP) is 5.57. The van der Waals surface area contributed by atoms with Crippen LogP contribution in [0.25, 0.3) is 21.9 Å². The van der Waals surface area contributed by atoms with Gasteiger partial charge in [-0.05, 0) is 31.2 Å². The third-order valence-corrected chi connectivity index (χ3v) is 5.09. The first-order valence-corrected chi connectivity index (χ1v) is 9.72. The van der Waals surface area contributed by atoms with Gasteiger partial charge in [0.15, 0.2) is 6.10 Å². The zero-order chi connectivity index (χ0) is 22.1. The van der Waals surface area contributed by atoms with E-state index < -0.39 is 29.4 Å². The molecule has 0 aliphatic rings. The number of rotatable bonds is 5. The van der Waals surface area contributed by atoms with Gasteiger partial charge in [0, 0.05) is 16.8 Å². The monoisotopic (exact) mass is 441 g/mol. The number of hydrogen-bond acceptors (Lipinski definition) is 5. The number of halogens is 2. The fourth-order valence-electron chi connectivity index (χ4n) is 3.22. The van der Waals surface area contributed by atoms with E-state index in [0.29, 0.717) is 22.6 Å². The highest BCUT2D eigenvalue weighted by atomic mass is 35.5. The maximum absolute atomic E-state index is 13.9. The van der Waals surface area contributed by atoms with Crippen LogP contribution in [0.15, 0.2) is 59.0 Å². The molecule has 1 amide bonds. The van der Waals surface area contributed by atoms with Crippen molar-refractivity contribution in [3.05, 3.63) is 71.0 Å². The van der Waals surface area contributed by atoms with E-state index in [1.165, 1.54) is 26.2 Å². The first-order chi connectivity index (χ1) is 14.9. The minimum atomic E-state index is -1.22. The lowest BCUT2D eigenvalue weighted by atomic mass is 10.1. The van der Waals surface area contributed by atoms with Gasteiger partial charge in [-0.2, -0.15) is 0 Å². The summed E-state index contributed by atoms with van der Waals surface area (Å²) in [6.07, 6.45) is -1.22. The second kappa shape index (κ2) is 8.28. The molecule has 1 atom stereocenters. The molecule has 1 aromatic heterocycles. The van der Waals surface area contributed by atoms with Crippen molar-refractivity contribution in [1.82, 2.24) is 0 Å². The van der Waals surface area contributed by atoms with Gasteiger partial charge in [0.05, 0.1) is 17.8 Å². The standard InChI is InChI=1S/C23H17ClFNO5/c1-12(30-23(28)21-15(24)7-5-8-16(21)25)22(27)26-17-11-19-14(10-20(17)29-2)13-6-3-4-9-18(13)31-19/h3-12H,1-2H3,(H,26,27)/t12-/m0/s1. The maximum atomic E-state index is 13.9. The summed E-state index contributed by atoms with van der Waals surface area (Å²) in [6, 6.07) is 14.7. The highest BCUT2D eigenvalue weighted by molar-refractivity contribution is 6.33. The minimum Gasteiger partial charge on any atom is -0.495 e. The van der Waals surface area contributed by atoms with Crippen LogP contribution in [0.5, 0.6) is 5.75 Å². The Hall–Kier alpha value is -3.58. The fourth-order valence-corrected chi connectivity index (χ4v) is 3.46. The van der Waals surface area contributed by atoms with E-state index in [0.717, 1.165) is 16.8 Å². The van der Waals surface area contributed by atoms with Crippen LogP contribution in [0.2, 0.25) is 5.02 Å². The summed E-state index contributed by atoms with van der Waals surface area (Å²) >= 11 is 5.88. The Morgan fingerprint density at radius 1 is 1.06 bits per heavy atom. The van der Waals surface area contributed by atoms with Gasteiger partial charge in [-0.25, -0.2) is 9.18 Å². The molecule has 0 unspecified atom stereocenters. The molecule has 3 aromatic carbocycles. The highest BCUT2D eigenvalue weighted by Gasteiger charge is 2.24. The molecule has 0 aliphatic heterocycles. The number of carbonyl (C=O) groups is 2. The Morgan fingerprint density at radius 2 is 1.84 bits per heavy atom. The molecule has 0 saturated heterocycles. The maximum Gasteiger partial charge on any atom is 0.343 e. The summed E-state index contributed by atoms with van der Waals surface area (Å²) < 4.78 is 30.3. The quantitative estimate of drug-likeness (QED) is 0.409. The third kappa shape index (κ3) is 3.92. The van der Waals surface area contributed by atoms with E-state index in [1.807, 2.05) is 24.3 Å². The second-order valence-electron chi connectivity index (χ2n) is 6.78. The smallest absolute Gasteiger partial charge is 0.343 e. The van der Waals surface area contributed by atoms with E-state index >= 15 is 0 Å². The van der Waals surface area contributed by atoms with E-state index in [1.54, 1.807) is 12.1 Å². The molecule has 1 heterocycles. The SMILES string of the molecule is COc1cc2c(cc1NC(=O)[C@H](C)OC(=O)c1c(F)cccc1Cl)oc1ccccc12. The van der Waals surface area contributed by atoms with Gasteiger partial charge >= 0.3 is 5.97 Å². The fraction of sp³-hybridized carbons (Fsp3) is 0.130. The molecule has 158 valence electrons. The molecule has 0 bridgehead atoms. The Balaban J connectivity index is 1.57. The molecule has 0 radical (unpaired) electrons. The lowest BCUT2D eigenvalue weighted by Crippen LogP contribution is -2.30. The second-order valence-corrected chi connectivity index (χ2v) is 7.19. The van der Waals surface area contributed by atoms with Crippen LogP contribution in [0.1, 0.15) is 17.3 Å². The van der Waals surface area contributed by atoms with Crippen LogP contribution < -0.4 is 10.1 Å². The highest BCUT2D eigenvalue weighted by Crippen LogP contribution is 2.36. The Bertz CT molecular complexity index is 1300. The topological polar surface area (TPSA) is 77.8 Å². The van der Waals surface area contributed by atoms with Crippen molar-refractivity contribution in [3.63, 3.8) is 0 Å². The number of amides is 1. The summed E-state index contributed by atoms with van der Waals surface area (Å²) in [7, 11) is 1.47. The molecule has 31 heavy (non-hydrogen) atoms. The molecule has 0 fully saturated rings. The Labute approximate surface area is 181 Å². The summed E-state index contributed by atoms with van der Waals surface area (Å²) in [5.41, 5.74) is 1.17. The van der Waals surface area contributed by atoms with Crippen LogP contribution >= 0.6 is 11.6 Å². The van der Waals surface area contributed by atoms with Crippen molar-refractivity contribution in [2.45, 2.75) is 13.0 Å². The number of esters is 1. The van der Waals surface area contributed by atoms with Crippen LogP contribution in [-0.2, 0) is 9.53 Å². The molecule has 4 rings (SSSR count). The van der Waals surface area contributed by atoms with Gasteiger partial charge in [-0.15, -0.1) is 0 Å². The summed E-state index contributed by atoms with van der Waals surface area (Å²) in [5.74, 6) is -2.09. The molecule has 4 aromatic rings. The molecular weight excluding hydrogens is 425 g/mol. The van der Waals surface area contributed by atoms with Crippen LogP contribution in [0.4, 0.5) is 10.1 Å². The lowest BCUT2D eigenvalue weighted by Gasteiger charge is -2.16. The largest absolute Gasteiger partial charge is 0.495 e. The van der Waals surface area contributed by atoms with Crippen molar-refractivity contribution >= 4 is 51.1 Å². The van der Waals surface area contributed by atoms with Crippen molar-refractivity contribution in [2.75, 3.05) is 12.4 Å². The Kier molecular flexibility index (Phi) is 5.52. The number of methoxy groups -OCH3 is 1. The number of fused-ring (bicyclic) bond motifs is 3. The number of furan rings is 1. The molecule has 0 aliphatic carbocycles. The van der Waals surface area contributed by atoms with Gasteiger partial charge < -0.3 is 19.2 Å². The van der Waals surface area contributed by atoms with Crippen LogP contribution in [0.3, 0.4) is 0 Å². The van der Waals surface area contributed by atoms with Crippen molar-refractivity contribution in [1.29, 1.82) is 0 Å². The summed E-state index contributed by atoms with van der Waals surface area (Å²) in [4.78, 5) is 24.9. The summed E-state index contributed by atoms with van der Waals surface area (Å²) in [5, 5.41) is 4.30. The average Bonchev–Trinajstić information content (AvgIpc) is 3.10. The van der Waals surface area contributed by atoms with Crippen LogP contribution in [-0.4, -0.2) is 25.1 Å². The Morgan fingerprint density at radius 3 is 2.58 bits per heavy atom. The first kappa shape index (κ1) is 20.7. The normalized spacial score (nSPS) is 12.0. The number of nitrogens with one attached hydrogen (secondary N) is 1. The number of hydrogen-bond donors (Lipinski definition) is 1. The van der Waals surface area contributed by atoms with E-state index in [2.05, 4.69) is 5.32 Å². The van der Waals surface area contributed by atoms with Gasteiger partial charge in [0.2, 0.25) is 0 Å². The average molecular weight is 442 g/mol. The zero-order valence-corrected chi connectivity index (χ0v) is 17.3. The number of carbonyl (C=O) groups excluding carboxylic acids is 2. The van der Waals surface area contributed by atoms with E-state index in [9.17, 15) is 14.0 Å². The number of anilines is 1.